The molecule has 1 aromatic carbocycles. The van der Waals surface area contributed by atoms with Crippen molar-refractivity contribution in [2.24, 2.45) is 0 Å². The molecule has 2 N–H and O–H groups in total. The molecule has 1 aromatic heterocycles. The fourth-order valence-corrected chi connectivity index (χ4v) is 4.24. The average molecular weight is 374 g/mol. The zero-order chi connectivity index (χ0) is 18.8. The first kappa shape index (κ1) is 18.6. The molecule has 0 aliphatic carbocycles. The number of para-hydroxylation sites is 1. The quantitative estimate of drug-likeness (QED) is 0.847. The fraction of sp³-hybridized carbons (Fsp3) is 0.550. The number of benzene rings is 1. The normalized spacial score (nSPS) is 25.7. The second-order valence-corrected chi connectivity index (χ2v) is 7.67. The molecule has 2 atom stereocenters. The van der Waals surface area contributed by atoms with E-state index in [9.17, 15) is 14.6 Å². The topological polar surface area (TPSA) is 64.8 Å². The molecule has 4 rings (SSSR count). The van der Waals surface area contributed by atoms with Gasteiger partial charge in [0, 0.05) is 50.5 Å². The van der Waals surface area contributed by atoms with Crippen molar-refractivity contribution in [3.8, 4) is 5.69 Å². The zero-order valence-corrected chi connectivity index (χ0v) is 15.4. The molecule has 27 heavy (non-hydrogen) atoms. The highest BCUT2D eigenvalue weighted by Gasteiger charge is 2.33. The second-order valence-electron chi connectivity index (χ2n) is 7.67. The van der Waals surface area contributed by atoms with Crippen LogP contribution in [0.3, 0.4) is 0 Å². The second kappa shape index (κ2) is 8.06. The maximum Gasteiger partial charge on any atom is 0.148 e. The largest absolute Gasteiger partial charge is 0.393 e. The minimum atomic E-state index is -0.393. The maximum absolute atomic E-state index is 13.9. The Hall–Kier alpha value is -1.80. The van der Waals surface area contributed by atoms with Crippen LogP contribution < -0.4 is 0 Å². The van der Waals surface area contributed by atoms with Gasteiger partial charge in [-0.15, -0.1) is 0 Å². The number of aliphatic hydroxyl groups excluding tert-OH is 2. The molecule has 2 aromatic rings. The smallest absolute Gasteiger partial charge is 0.148 e. The Kier molecular flexibility index (Phi) is 5.54. The lowest BCUT2D eigenvalue weighted by atomic mass is 9.96. The number of β-amino-alcohol motifs (C(OH)–C–C–N with tert-alkyl or cyclic N) is 1. The van der Waals surface area contributed by atoms with E-state index in [1.54, 1.807) is 29.1 Å². The third-order valence-corrected chi connectivity index (χ3v) is 5.74. The monoisotopic (exact) mass is 374 g/mol. The van der Waals surface area contributed by atoms with Crippen LogP contribution >= 0.6 is 0 Å². The number of rotatable bonds is 4. The van der Waals surface area contributed by atoms with Crippen LogP contribution in [0, 0.1) is 5.82 Å². The van der Waals surface area contributed by atoms with Gasteiger partial charge in [-0.05, 0) is 31.4 Å². The predicted octanol–water partition coefficient (Wildman–Crippen LogP) is 1.40. The Morgan fingerprint density at radius 2 is 1.85 bits per heavy atom. The number of likely N-dealkylation sites (tertiary alicyclic amines) is 2. The summed E-state index contributed by atoms with van der Waals surface area (Å²) in [6, 6.07) is 6.77. The highest BCUT2D eigenvalue weighted by atomic mass is 19.1. The Balaban J connectivity index is 1.34. The van der Waals surface area contributed by atoms with Gasteiger partial charge in [0.15, 0.2) is 0 Å². The molecule has 0 radical (unpaired) electrons. The number of hydrogen-bond acceptors (Lipinski definition) is 5. The first-order valence-corrected chi connectivity index (χ1v) is 9.71. The fourth-order valence-electron chi connectivity index (χ4n) is 4.24. The van der Waals surface area contributed by atoms with Gasteiger partial charge in [-0.2, -0.15) is 5.10 Å². The molecule has 0 spiro atoms. The van der Waals surface area contributed by atoms with Crippen LogP contribution in [0.1, 0.15) is 24.8 Å². The molecule has 2 saturated heterocycles. The molecule has 6 nitrogen and oxygen atoms in total. The molecule has 0 unspecified atom stereocenters. The van der Waals surface area contributed by atoms with E-state index in [0.717, 1.165) is 44.5 Å². The molecule has 146 valence electrons. The van der Waals surface area contributed by atoms with E-state index in [1.807, 2.05) is 6.20 Å². The van der Waals surface area contributed by atoms with Crippen LogP contribution in [0.4, 0.5) is 4.39 Å². The van der Waals surface area contributed by atoms with E-state index in [4.69, 9.17) is 0 Å². The van der Waals surface area contributed by atoms with Gasteiger partial charge in [-0.3, -0.25) is 9.80 Å². The minimum absolute atomic E-state index is 0.176. The molecule has 0 bridgehead atoms. The lowest BCUT2D eigenvalue weighted by Gasteiger charge is -2.43. The van der Waals surface area contributed by atoms with Gasteiger partial charge >= 0.3 is 0 Å². The summed E-state index contributed by atoms with van der Waals surface area (Å²) in [6.45, 7) is 3.94. The summed E-state index contributed by atoms with van der Waals surface area (Å²) in [6.07, 6.45) is 5.53. The summed E-state index contributed by atoms with van der Waals surface area (Å²) in [5.74, 6) is -0.296. The van der Waals surface area contributed by atoms with Crippen molar-refractivity contribution in [1.82, 2.24) is 19.6 Å². The van der Waals surface area contributed by atoms with Gasteiger partial charge < -0.3 is 10.2 Å². The minimum Gasteiger partial charge on any atom is -0.393 e. The first-order valence-electron chi connectivity index (χ1n) is 9.71. The average Bonchev–Trinajstić information content (AvgIpc) is 3.11. The van der Waals surface area contributed by atoms with Crippen LogP contribution in [0.25, 0.3) is 5.69 Å². The number of nitrogens with zero attached hydrogens (tertiary/aromatic N) is 4. The van der Waals surface area contributed by atoms with Crippen molar-refractivity contribution in [2.75, 3.05) is 26.2 Å². The van der Waals surface area contributed by atoms with Gasteiger partial charge in [-0.25, -0.2) is 9.07 Å². The molecule has 2 fully saturated rings. The Bertz CT molecular complexity index is 760. The molecule has 2 aliphatic heterocycles. The molecular formula is C20H27FN4O2. The van der Waals surface area contributed by atoms with Crippen LogP contribution in [0.2, 0.25) is 0 Å². The Labute approximate surface area is 158 Å². The molecule has 7 heteroatoms. The summed E-state index contributed by atoms with van der Waals surface area (Å²) in [5, 5.41) is 24.6. The first-order chi connectivity index (χ1) is 13.1. The van der Waals surface area contributed by atoms with Gasteiger partial charge in [0.2, 0.25) is 0 Å². The number of aliphatic hydroxyl groups is 2. The van der Waals surface area contributed by atoms with Gasteiger partial charge in [0.05, 0.1) is 18.4 Å². The van der Waals surface area contributed by atoms with E-state index in [1.165, 1.54) is 6.07 Å². The molecular weight excluding hydrogens is 347 g/mol. The SMILES string of the molecule is OC1CCN([C@@H]2CCN(Cc3cnn(-c4ccccc4F)c3)C[C@H]2O)CC1. The van der Waals surface area contributed by atoms with E-state index >= 15 is 0 Å². The highest BCUT2D eigenvalue weighted by molar-refractivity contribution is 5.32. The van der Waals surface area contributed by atoms with Crippen LogP contribution in [0.15, 0.2) is 36.7 Å². The summed E-state index contributed by atoms with van der Waals surface area (Å²) >= 11 is 0. The lowest BCUT2D eigenvalue weighted by molar-refractivity contribution is -0.0355. The lowest BCUT2D eigenvalue weighted by Crippen LogP contribution is -2.55. The van der Waals surface area contributed by atoms with Crippen LogP contribution in [0.5, 0.6) is 0 Å². The summed E-state index contributed by atoms with van der Waals surface area (Å²) in [4.78, 5) is 4.55. The van der Waals surface area contributed by atoms with Crippen molar-refractivity contribution >= 4 is 0 Å². The van der Waals surface area contributed by atoms with Crippen LogP contribution in [-0.4, -0.2) is 74.2 Å². The van der Waals surface area contributed by atoms with Crippen molar-refractivity contribution < 1.29 is 14.6 Å². The van der Waals surface area contributed by atoms with Crippen molar-refractivity contribution in [3.05, 3.63) is 48.0 Å². The molecule has 2 aliphatic rings. The van der Waals surface area contributed by atoms with Gasteiger partial charge in [-0.1, -0.05) is 12.1 Å². The summed E-state index contributed by atoms with van der Waals surface area (Å²) in [5.41, 5.74) is 1.44. The maximum atomic E-state index is 13.9. The third kappa shape index (κ3) is 4.21. The number of halogens is 1. The Morgan fingerprint density at radius 1 is 1.07 bits per heavy atom. The molecule has 0 saturated carbocycles. The van der Waals surface area contributed by atoms with Crippen molar-refractivity contribution in [1.29, 1.82) is 0 Å². The number of aromatic nitrogens is 2. The number of piperidine rings is 2. The zero-order valence-electron chi connectivity index (χ0n) is 15.4. The van der Waals surface area contributed by atoms with E-state index in [-0.39, 0.29) is 18.0 Å². The van der Waals surface area contributed by atoms with Crippen molar-refractivity contribution in [3.63, 3.8) is 0 Å². The van der Waals surface area contributed by atoms with E-state index in [0.29, 0.717) is 18.8 Å². The summed E-state index contributed by atoms with van der Waals surface area (Å²) in [7, 11) is 0. The van der Waals surface area contributed by atoms with E-state index < -0.39 is 6.10 Å². The highest BCUT2D eigenvalue weighted by Crippen LogP contribution is 2.23. The third-order valence-electron chi connectivity index (χ3n) is 5.74. The Morgan fingerprint density at radius 3 is 2.59 bits per heavy atom. The molecule has 3 heterocycles. The number of hydrogen-bond donors (Lipinski definition) is 2. The van der Waals surface area contributed by atoms with Crippen molar-refractivity contribution in [2.45, 2.75) is 44.1 Å². The van der Waals surface area contributed by atoms with Crippen LogP contribution in [-0.2, 0) is 6.54 Å². The van der Waals surface area contributed by atoms with Gasteiger partial charge in [0.1, 0.15) is 11.5 Å². The summed E-state index contributed by atoms with van der Waals surface area (Å²) < 4.78 is 15.5. The van der Waals surface area contributed by atoms with E-state index in [2.05, 4.69) is 14.9 Å². The molecule has 0 amide bonds. The predicted molar refractivity (Wildman–Crippen MR) is 100 cm³/mol. The standard InChI is InChI=1S/C20H27FN4O2/c21-17-3-1-2-4-18(17)25-13-15(11-22-25)12-23-8-7-19(20(27)14-23)24-9-5-16(26)6-10-24/h1-4,11,13,16,19-20,26-27H,5-10,12,14H2/t19-,20-/m1/s1. The van der Waals surface area contributed by atoms with Gasteiger partial charge in [0.25, 0.3) is 0 Å².